The number of rotatable bonds is 10. The van der Waals surface area contributed by atoms with Crippen molar-refractivity contribution in [2.75, 3.05) is 37.4 Å². The van der Waals surface area contributed by atoms with Crippen LogP contribution in [0, 0.1) is 6.92 Å². The van der Waals surface area contributed by atoms with Crippen LogP contribution in [0.3, 0.4) is 0 Å². The normalized spacial score (nSPS) is 11.9. The van der Waals surface area contributed by atoms with Gasteiger partial charge in [0.15, 0.2) is 17.3 Å². The maximum atomic E-state index is 12.6. The molecule has 1 atom stereocenters. The van der Waals surface area contributed by atoms with Gasteiger partial charge in [-0.25, -0.2) is 14.8 Å². The molecule has 1 heterocycles. The van der Waals surface area contributed by atoms with Crippen molar-refractivity contribution < 1.29 is 19.1 Å². The van der Waals surface area contributed by atoms with Gasteiger partial charge in [-0.05, 0) is 65.7 Å². The van der Waals surface area contributed by atoms with Crippen molar-refractivity contribution in [3.05, 3.63) is 41.2 Å². The van der Waals surface area contributed by atoms with Crippen LogP contribution >= 0.6 is 0 Å². The minimum Gasteiger partial charge on any atom is -0.444 e. The Morgan fingerprint density at radius 1 is 1.16 bits per heavy atom. The predicted octanol–water partition coefficient (Wildman–Crippen LogP) is 3.00. The number of nitrogens with zero attached hydrogens (tertiary/aromatic N) is 4. The molecule has 0 fully saturated rings. The van der Waals surface area contributed by atoms with Gasteiger partial charge >= 0.3 is 6.09 Å². The number of nitrogens with one attached hydrogen (secondary N) is 2. The lowest BCUT2D eigenvalue weighted by Gasteiger charge is -2.28. The molecular formula is C26H39N7O4. The van der Waals surface area contributed by atoms with Gasteiger partial charge in [-0.3, -0.25) is 14.5 Å². The summed E-state index contributed by atoms with van der Waals surface area (Å²) in [5.41, 5.74) is 7.23. The van der Waals surface area contributed by atoms with Crippen molar-refractivity contribution in [3.8, 4) is 0 Å². The molecule has 11 heteroatoms. The maximum Gasteiger partial charge on any atom is 0.410 e. The number of carbonyl (C=O) groups is 3. The number of nitrogens with two attached hydrogens (primary N) is 1. The molecule has 3 amide bonds. The molecule has 1 aromatic heterocycles. The molecule has 0 spiro atoms. The van der Waals surface area contributed by atoms with E-state index in [1.54, 1.807) is 34.6 Å². The molecule has 2 rings (SSSR count). The molecule has 0 radical (unpaired) electrons. The Bertz CT molecular complexity index is 1130. The minimum absolute atomic E-state index is 0.0616. The van der Waals surface area contributed by atoms with Crippen LogP contribution in [-0.4, -0.2) is 71.6 Å². The van der Waals surface area contributed by atoms with Crippen LogP contribution in [0.15, 0.2) is 24.3 Å². The number of benzene rings is 1. The first-order chi connectivity index (χ1) is 17.2. The number of ether oxygens (including phenoxy) is 1. The molecule has 0 unspecified atom stereocenters. The Morgan fingerprint density at radius 3 is 2.43 bits per heavy atom. The molecule has 0 aliphatic rings. The van der Waals surface area contributed by atoms with Crippen LogP contribution in [0.25, 0.3) is 0 Å². The SMILES string of the molecule is CCN(C)c1nc(Nc2cccc(CCNC(=O)[C@H](C)N(C)C(=O)OC(C)(C)C)c2)c(C(N)=O)nc1C. The lowest BCUT2D eigenvalue weighted by Crippen LogP contribution is -2.47. The van der Waals surface area contributed by atoms with Crippen LogP contribution in [-0.2, 0) is 16.0 Å². The van der Waals surface area contributed by atoms with Crippen molar-refractivity contribution in [2.45, 2.75) is 59.6 Å². The zero-order valence-electron chi connectivity index (χ0n) is 23.0. The van der Waals surface area contributed by atoms with Gasteiger partial charge in [0.25, 0.3) is 5.91 Å². The number of likely N-dealkylation sites (N-methyl/N-ethyl adjacent to an activating group) is 1. The van der Waals surface area contributed by atoms with E-state index in [1.807, 2.05) is 43.1 Å². The van der Waals surface area contributed by atoms with E-state index in [0.29, 0.717) is 30.2 Å². The fourth-order valence-corrected chi connectivity index (χ4v) is 3.37. The highest BCUT2D eigenvalue weighted by Gasteiger charge is 2.26. The van der Waals surface area contributed by atoms with Crippen molar-refractivity contribution in [2.24, 2.45) is 5.73 Å². The summed E-state index contributed by atoms with van der Waals surface area (Å²) in [6.45, 7) is 11.8. The highest BCUT2D eigenvalue weighted by molar-refractivity contribution is 5.96. The smallest absolute Gasteiger partial charge is 0.410 e. The number of amides is 3. The molecular weight excluding hydrogens is 474 g/mol. The second-order valence-corrected chi connectivity index (χ2v) is 9.84. The topological polar surface area (TPSA) is 143 Å². The van der Waals surface area contributed by atoms with E-state index in [9.17, 15) is 14.4 Å². The number of primary amides is 1. The first-order valence-corrected chi connectivity index (χ1v) is 12.2. The van der Waals surface area contributed by atoms with E-state index in [4.69, 9.17) is 10.5 Å². The number of hydrogen-bond donors (Lipinski definition) is 3. The molecule has 0 saturated carbocycles. The summed E-state index contributed by atoms with van der Waals surface area (Å²) < 4.78 is 5.32. The Balaban J connectivity index is 2.06. The maximum absolute atomic E-state index is 12.6. The Morgan fingerprint density at radius 2 is 1.84 bits per heavy atom. The predicted molar refractivity (Wildman–Crippen MR) is 144 cm³/mol. The Hall–Kier alpha value is -3.89. The van der Waals surface area contributed by atoms with E-state index in [-0.39, 0.29) is 17.4 Å². The van der Waals surface area contributed by atoms with Crippen LogP contribution in [0.1, 0.15) is 56.4 Å². The third-order valence-electron chi connectivity index (χ3n) is 5.66. The van der Waals surface area contributed by atoms with Crippen LogP contribution in [0.4, 0.5) is 22.1 Å². The van der Waals surface area contributed by atoms with Crippen LogP contribution in [0.2, 0.25) is 0 Å². The van der Waals surface area contributed by atoms with Gasteiger partial charge in [-0.1, -0.05) is 12.1 Å². The van der Waals surface area contributed by atoms with E-state index in [2.05, 4.69) is 20.6 Å². The summed E-state index contributed by atoms with van der Waals surface area (Å²) in [6.07, 6.45) is -0.00677. The molecule has 2 aromatic rings. The lowest BCUT2D eigenvalue weighted by molar-refractivity contribution is -0.125. The first kappa shape index (κ1) is 29.3. The van der Waals surface area contributed by atoms with Gasteiger partial charge in [0.1, 0.15) is 11.6 Å². The molecule has 1 aromatic carbocycles. The summed E-state index contributed by atoms with van der Waals surface area (Å²) >= 11 is 0. The largest absolute Gasteiger partial charge is 0.444 e. The number of hydrogen-bond acceptors (Lipinski definition) is 8. The van der Waals surface area contributed by atoms with Gasteiger partial charge < -0.3 is 26.0 Å². The summed E-state index contributed by atoms with van der Waals surface area (Å²) in [7, 11) is 3.43. The van der Waals surface area contributed by atoms with Gasteiger partial charge in [0.2, 0.25) is 5.91 Å². The third-order valence-corrected chi connectivity index (χ3v) is 5.66. The molecule has 202 valence electrons. The van der Waals surface area contributed by atoms with Crippen molar-refractivity contribution in [3.63, 3.8) is 0 Å². The standard InChI is InChI=1S/C26H39N7O4/c1-9-32(7)23-16(2)29-20(21(27)34)22(31-23)30-19-12-10-11-18(15-19)13-14-28-24(35)17(3)33(8)25(36)37-26(4,5)6/h10-12,15,17H,9,13-14H2,1-8H3,(H2,27,34)(H,28,35)(H,30,31)/t17-/m0/s1. The fraction of sp³-hybridized carbons (Fsp3) is 0.500. The summed E-state index contributed by atoms with van der Waals surface area (Å²) in [5.74, 6) is -0.0263. The van der Waals surface area contributed by atoms with E-state index >= 15 is 0 Å². The van der Waals surface area contributed by atoms with Gasteiger partial charge in [-0.2, -0.15) is 0 Å². The first-order valence-electron chi connectivity index (χ1n) is 12.2. The highest BCUT2D eigenvalue weighted by atomic mass is 16.6. The van der Waals surface area contributed by atoms with Gasteiger partial charge in [-0.15, -0.1) is 0 Å². The molecule has 37 heavy (non-hydrogen) atoms. The number of anilines is 3. The highest BCUT2D eigenvalue weighted by Crippen LogP contribution is 2.24. The molecule has 0 bridgehead atoms. The molecule has 0 saturated heterocycles. The average molecular weight is 514 g/mol. The molecule has 0 aliphatic heterocycles. The van der Waals surface area contributed by atoms with Gasteiger partial charge in [0.05, 0.1) is 5.69 Å². The number of carbonyl (C=O) groups excluding carboxylic acids is 3. The van der Waals surface area contributed by atoms with Crippen molar-refractivity contribution in [1.29, 1.82) is 0 Å². The quantitative estimate of drug-likeness (QED) is 0.440. The van der Waals surface area contributed by atoms with Crippen LogP contribution < -0.4 is 21.3 Å². The van der Waals surface area contributed by atoms with Crippen molar-refractivity contribution >= 4 is 35.2 Å². The van der Waals surface area contributed by atoms with Crippen LogP contribution in [0.5, 0.6) is 0 Å². The molecule has 4 N–H and O–H groups in total. The van der Waals surface area contributed by atoms with Gasteiger partial charge in [0, 0.05) is 32.9 Å². The van der Waals surface area contributed by atoms with Crippen molar-refractivity contribution in [1.82, 2.24) is 20.2 Å². The fourth-order valence-electron chi connectivity index (χ4n) is 3.37. The van der Waals surface area contributed by atoms with E-state index in [0.717, 1.165) is 12.1 Å². The van der Waals surface area contributed by atoms with E-state index in [1.165, 1.54) is 11.9 Å². The summed E-state index contributed by atoms with van der Waals surface area (Å²) in [4.78, 5) is 48.9. The third kappa shape index (κ3) is 8.33. The Labute approximate surface area is 218 Å². The minimum atomic E-state index is -0.689. The zero-order valence-corrected chi connectivity index (χ0v) is 23.0. The lowest BCUT2D eigenvalue weighted by atomic mass is 10.1. The number of aryl methyl sites for hydroxylation is 1. The number of aromatic nitrogens is 2. The zero-order chi connectivity index (χ0) is 27.9. The summed E-state index contributed by atoms with van der Waals surface area (Å²) in [5, 5.41) is 6.02. The van der Waals surface area contributed by atoms with E-state index < -0.39 is 23.6 Å². The second kappa shape index (κ2) is 12.4. The average Bonchev–Trinajstić information content (AvgIpc) is 2.82. The monoisotopic (exact) mass is 513 g/mol. The Kier molecular flexibility index (Phi) is 9.81. The second-order valence-electron chi connectivity index (χ2n) is 9.84. The molecule has 11 nitrogen and oxygen atoms in total. The summed E-state index contributed by atoms with van der Waals surface area (Å²) in [6, 6.07) is 6.85. The molecule has 0 aliphatic carbocycles.